The van der Waals surface area contributed by atoms with Crippen LogP contribution in [0.5, 0.6) is 0 Å². The fraction of sp³-hybridized carbons (Fsp3) is 0.500. The molecule has 1 atom stereocenters. The second-order valence-corrected chi connectivity index (χ2v) is 3.67. The highest BCUT2D eigenvalue weighted by molar-refractivity contribution is 5.94. The van der Waals surface area contributed by atoms with E-state index in [1.165, 1.54) is 4.68 Å². The zero-order chi connectivity index (χ0) is 11.5. The molecule has 1 aliphatic heterocycles. The number of aromatic nitrogens is 2. The van der Waals surface area contributed by atoms with Crippen LogP contribution in [0.15, 0.2) is 6.20 Å². The minimum atomic E-state index is -0.409. The number of nitrogens with one attached hydrogen (secondary N) is 1. The SMILES string of the molecule is Cn1cc(C#N)c(NC(=O)C2CCCO2)n1. The second-order valence-electron chi connectivity index (χ2n) is 3.67. The molecule has 16 heavy (non-hydrogen) atoms. The molecule has 0 bridgehead atoms. The number of carbonyl (C=O) groups excluding carboxylic acids is 1. The number of ether oxygens (including phenoxy) is 1. The molecule has 1 aliphatic rings. The maximum Gasteiger partial charge on any atom is 0.254 e. The highest BCUT2D eigenvalue weighted by Crippen LogP contribution is 2.16. The van der Waals surface area contributed by atoms with E-state index in [1.54, 1.807) is 13.2 Å². The molecule has 1 fully saturated rings. The average molecular weight is 220 g/mol. The lowest BCUT2D eigenvalue weighted by Gasteiger charge is -2.08. The number of rotatable bonds is 2. The Balaban J connectivity index is 2.08. The molecule has 0 spiro atoms. The van der Waals surface area contributed by atoms with E-state index in [-0.39, 0.29) is 5.91 Å². The lowest BCUT2D eigenvalue weighted by Crippen LogP contribution is -2.27. The van der Waals surface area contributed by atoms with Crippen molar-refractivity contribution >= 4 is 11.7 Å². The summed E-state index contributed by atoms with van der Waals surface area (Å²) in [6.45, 7) is 0.616. The van der Waals surface area contributed by atoms with Crippen molar-refractivity contribution in [3.63, 3.8) is 0 Å². The van der Waals surface area contributed by atoms with Gasteiger partial charge in [0.15, 0.2) is 5.82 Å². The maximum absolute atomic E-state index is 11.7. The van der Waals surface area contributed by atoms with Crippen molar-refractivity contribution in [2.45, 2.75) is 18.9 Å². The fourth-order valence-electron chi connectivity index (χ4n) is 1.64. The number of carbonyl (C=O) groups is 1. The summed E-state index contributed by atoms with van der Waals surface area (Å²) in [7, 11) is 1.70. The van der Waals surface area contributed by atoms with Crippen LogP contribution >= 0.6 is 0 Å². The molecular weight excluding hydrogens is 208 g/mol. The van der Waals surface area contributed by atoms with Gasteiger partial charge in [-0.2, -0.15) is 10.4 Å². The van der Waals surface area contributed by atoms with Crippen molar-refractivity contribution < 1.29 is 9.53 Å². The minimum absolute atomic E-state index is 0.229. The molecule has 0 aliphatic carbocycles. The number of aryl methyl sites for hydroxylation is 1. The monoisotopic (exact) mass is 220 g/mol. The summed E-state index contributed by atoms with van der Waals surface area (Å²) in [5.74, 6) is 0.0678. The third-order valence-electron chi connectivity index (χ3n) is 2.41. The van der Waals surface area contributed by atoms with Crippen LogP contribution < -0.4 is 5.32 Å². The molecular formula is C10H12N4O2. The van der Waals surface area contributed by atoms with Gasteiger partial charge in [-0.05, 0) is 12.8 Å². The first-order valence-corrected chi connectivity index (χ1v) is 5.07. The van der Waals surface area contributed by atoms with E-state index in [9.17, 15) is 4.79 Å². The first-order chi connectivity index (χ1) is 7.70. The maximum atomic E-state index is 11.7. The van der Waals surface area contributed by atoms with Crippen LogP contribution in [-0.4, -0.2) is 28.4 Å². The van der Waals surface area contributed by atoms with Crippen LogP contribution in [0.4, 0.5) is 5.82 Å². The van der Waals surface area contributed by atoms with Gasteiger partial charge in [-0.1, -0.05) is 0 Å². The predicted molar refractivity (Wildman–Crippen MR) is 55.5 cm³/mol. The molecule has 0 radical (unpaired) electrons. The van der Waals surface area contributed by atoms with E-state index in [0.717, 1.165) is 12.8 Å². The van der Waals surface area contributed by atoms with Gasteiger partial charge in [0.05, 0.1) is 0 Å². The summed E-state index contributed by atoms with van der Waals surface area (Å²) in [6, 6.07) is 1.97. The highest BCUT2D eigenvalue weighted by Gasteiger charge is 2.24. The Morgan fingerprint density at radius 3 is 3.25 bits per heavy atom. The molecule has 6 heteroatoms. The zero-order valence-electron chi connectivity index (χ0n) is 8.93. The Hall–Kier alpha value is -1.87. The largest absolute Gasteiger partial charge is 0.368 e. The standard InChI is InChI=1S/C10H12N4O2/c1-14-6-7(5-11)9(13-14)12-10(15)8-3-2-4-16-8/h6,8H,2-4H2,1H3,(H,12,13,15). The Morgan fingerprint density at radius 2 is 2.62 bits per heavy atom. The van der Waals surface area contributed by atoms with Crippen molar-refractivity contribution in [3.05, 3.63) is 11.8 Å². The third kappa shape index (κ3) is 2.04. The molecule has 1 aromatic heterocycles. The number of hydrogen-bond acceptors (Lipinski definition) is 4. The molecule has 1 aromatic rings. The molecule has 0 saturated carbocycles. The van der Waals surface area contributed by atoms with E-state index < -0.39 is 6.10 Å². The zero-order valence-corrected chi connectivity index (χ0v) is 8.93. The van der Waals surface area contributed by atoms with Crippen LogP contribution in [0.2, 0.25) is 0 Å². The average Bonchev–Trinajstić information content (AvgIpc) is 2.87. The Bertz CT molecular complexity index is 440. The molecule has 6 nitrogen and oxygen atoms in total. The van der Waals surface area contributed by atoms with E-state index in [2.05, 4.69) is 10.4 Å². The van der Waals surface area contributed by atoms with Crippen LogP contribution in [0.25, 0.3) is 0 Å². The van der Waals surface area contributed by atoms with Crippen molar-refractivity contribution in [1.82, 2.24) is 9.78 Å². The van der Waals surface area contributed by atoms with E-state index in [0.29, 0.717) is 18.0 Å². The lowest BCUT2D eigenvalue weighted by atomic mass is 10.2. The number of anilines is 1. The first kappa shape index (κ1) is 10.6. The van der Waals surface area contributed by atoms with Crippen LogP contribution in [0.1, 0.15) is 18.4 Å². The molecule has 1 saturated heterocycles. The first-order valence-electron chi connectivity index (χ1n) is 5.07. The van der Waals surface area contributed by atoms with Gasteiger partial charge in [0, 0.05) is 19.9 Å². The fourth-order valence-corrected chi connectivity index (χ4v) is 1.64. The summed E-state index contributed by atoms with van der Waals surface area (Å²) < 4.78 is 6.73. The molecule has 0 aromatic carbocycles. The highest BCUT2D eigenvalue weighted by atomic mass is 16.5. The Kier molecular flexibility index (Phi) is 2.88. The number of nitriles is 1. The van der Waals surface area contributed by atoms with Gasteiger partial charge in [-0.3, -0.25) is 9.48 Å². The van der Waals surface area contributed by atoms with Gasteiger partial charge in [0.1, 0.15) is 17.7 Å². The number of hydrogen-bond donors (Lipinski definition) is 1. The van der Waals surface area contributed by atoms with Crippen LogP contribution in [0, 0.1) is 11.3 Å². The van der Waals surface area contributed by atoms with E-state index in [1.807, 2.05) is 6.07 Å². The van der Waals surface area contributed by atoms with Gasteiger partial charge in [0.2, 0.25) is 0 Å². The van der Waals surface area contributed by atoms with Gasteiger partial charge in [-0.25, -0.2) is 0 Å². The van der Waals surface area contributed by atoms with Crippen LogP contribution in [-0.2, 0) is 16.6 Å². The predicted octanol–water partition coefficient (Wildman–Crippen LogP) is 0.409. The molecule has 1 unspecified atom stereocenters. The molecule has 2 rings (SSSR count). The summed E-state index contributed by atoms with van der Waals surface area (Å²) >= 11 is 0. The Morgan fingerprint density at radius 1 is 1.81 bits per heavy atom. The minimum Gasteiger partial charge on any atom is -0.368 e. The van der Waals surface area contributed by atoms with Crippen LogP contribution in [0.3, 0.4) is 0 Å². The summed E-state index contributed by atoms with van der Waals surface area (Å²) in [6.07, 6.45) is 2.77. The second kappa shape index (κ2) is 4.33. The summed E-state index contributed by atoms with van der Waals surface area (Å²) in [4.78, 5) is 11.7. The van der Waals surface area contributed by atoms with Gasteiger partial charge < -0.3 is 10.1 Å². The smallest absolute Gasteiger partial charge is 0.254 e. The number of amides is 1. The topological polar surface area (TPSA) is 79.9 Å². The van der Waals surface area contributed by atoms with Gasteiger partial charge >= 0.3 is 0 Å². The molecule has 84 valence electrons. The van der Waals surface area contributed by atoms with Gasteiger partial charge in [0.25, 0.3) is 5.91 Å². The van der Waals surface area contributed by atoms with Crippen molar-refractivity contribution in [2.24, 2.45) is 7.05 Å². The quantitative estimate of drug-likeness (QED) is 0.782. The lowest BCUT2D eigenvalue weighted by molar-refractivity contribution is -0.124. The van der Waals surface area contributed by atoms with Crippen molar-refractivity contribution in [2.75, 3.05) is 11.9 Å². The summed E-state index contributed by atoms with van der Waals surface area (Å²) in [5.41, 5.74) is 0.355. The van der Waals surface area contributed by atoms with Gasteiger partial charge in [-0.15, -0.1) is 0 Å². The van der Waals surface area contributed by atoms with E-state index in [4.69, 9.17) is 10.00 Å². The number of nitrogens with zero attached hydrogens (tertiary/aromatic N) is 3. The summed E-state index contributed by atoms with van der Waals surface area (Å²) in [5, 5.41) is 15.4. The van der Waals surface area contributed by atoms with Crippen molar-refractivity contribution in [1.29, 1.82) is 5.26 Å². The normalized spacial score (nSPS) is 19.4. The molecule has 1 N–H and O–H groups in total. The third-order valence-corrected chi connectivity index (χ3v) is 2.41. The van der Waals surface area contributed by atoms with Crippen molar-refractivity contribution in [3.8, 4) is 6.07 Å². The molecule has 2 heterocycles. The van der Waals surface area contributed by atoms with E-state index >= 15 is 0 Å². The molecule has 1 amide bonds. The Labute approximate surface area is 92.8 Å².